The molecule has 5 heteroatoms. The van der Waals surface area contributed by atoms with Crippen LogP contribution in [0.4, 0.5) is 0 Å². The van der Waals surface area contributed by atoms with Crippen molar-refractivity contribution in [3.63, 3.8) is 0 Å². The molecule has 0 aromatic carbocycles. The van der Waals surface area contributed by atoms with Gasteiger partial charge in [0.05, 0.1) is 0 Å². The van der Waals surface area contributed by atoms with Gasteiger partial charge in [-0.3, -0.25) is 0 Å². The summed E-state index contributed by atoms with van der Waals surface area (Å²) in [6.07, 6.45) is 0. The van der Waals surface area contributed by atoms with Gasteiger partial charge in [-0.15, -0.1) is 33.6 Å². The summed E-state index contributed by atoms with van der Waals surface area (Å²) in [5, 5.41) is 9.31. The monoisotopic (exact) mass is 264 g/mol. The Hall–Kier alpha value is 0.01000. The Bertz CT molecular complexity index is 342. The third-order valence-corrected chi connectivity index (χ3v) is 3.81. The second-order valence-corrected chi connectivity index (χ2v) is 5.75. The van der Waals surface area contributed by atoms with E-state index in [0.29, 0.717) is 11.0 Å². The van der Waals surface area contributed by atoms with Crippen molar-refractivity contribution in [2.24, 2.45) is 0 Å². The van der Waals surface area contributed by atoms with E-state index in [2.05, 4.69) is 17.1 Å². The van der Waals surface area contributed by atoms with Crippen LogP contribution in [0.25, 0.3) is 0 Å². The molecule has 1 aromatic heterocycles. The van der Waals surface area contributed by atoms with E-state index in [0.717, 1.165) is 16.3 Å². The molecular weight excluding hydrogens is 251 g/mol. The van der Waals surface area contributed by atoms with Crippen LogP contribution < -0.4 is 0 Å². The van der Waals surface area contributed by atoms with Crippen molar-refractivity contribution < 1.29 is 0 Å². The predicted octanol–water partition coefficient (Wildman–Crippen LogP) is 3.76. The Morgan fingerprint density at radius 2 is 2.07 bits per heavy atom. The van der Waals surface area contributed by atoms with E-state index in [-0.39, 0.29) is 5.41 Å². The molecule has 1 rings (SSSR count). The zero-order valence-electron chi connectivity index (χ0n) is 9.05. The van der Waals surface area contributed by atoms with Gasteiger partial charge in [0, 0.05) is 16.9 Å². The average molecular weight is 265 g/mol. The molecule has 1 heterocycles. The molecular formula is C10H14Cl2N2S. The summed E-state index contributed by atoms with van der Waals surface area (Å²) in [6, 6.07) is 1.98. The van der Waals surface area contributed by atoms with Crippen LogP contribution >= 0.6 is 35.0 Å². The summed E-state index contributed by atoms with van der Waals surface area (Å²) in [5.41, 5.74) is 0.794. The lowest BCUT2D eigenvalue weighted by Crippen LogP contribution is -2.20. The molecule has 0 fully saturated rings. The van der Waals surface area contributed by atoms with Gasteiger partial charge in [0.25, 0.3) is 0 Å². The first kappa shape index (κ1) is 13.1. The van der Waals surface area contributed by atoms with Gasteiger partial charge in [-0.05, 0) is 11.8 Å². The van der Waals surface area contributed by atoms with Gasteiger partial charge in [-0.1, -0.05) is 32.4 Å². The van der Waals surface area contributed by atoms with E-state index in [1.807, 2.05) is 19.9 Å². The highest BCUT2D eigenvalue weighted by Crippen LogP contribution is 2.31. The maximum atomic E-state index is 6.02. The molecule has 0 saturated carbocycles. The molecule has 0 aliphatic rings. The second kappa shape index (κ2) is 5.37. The van der Waals surface area contributed by atoms with Crippen molar-refractivity contribution in [2.45, 2.75) is 31.2 Å². The Kier molecular flexibility index (Phi) is 4.68. The fourth-order valence-electron chi connectivity index (χ4n) is 1.12. The summed E-state index contributed by atoms with van der Waals surface area (Å²) in [6.45, 7) is 6.17. The van der Waals surface area contributed by atoms with Crippen molar-refractivity contribution in [1.29, 1.82) is 0 Å². The van der Waals surface area contributed by atoms with Gasteiger partial charge in [-0.25, -0.2) is 0 Å². The van der Waals surface area contributed by atoms with E-state index in [1.54, 1.807) is 11.8 Å². The van der Waals surface area contributed by atoms with Gasteiger partial charge in [0.1, 0.15) is 5.03 Å². The van der Waals surface area contributed by atoms with Crippen LogP contribution in [0.1, 0.15) is 26.3 Å². The van der Waals surface area contributed by atoms with Gasteiger partial charge in [0.2, 0.25) is 0 Å². The zero-order valence-corrected chi connectivity index (χ0v) is 11.4. The number of hydrogen-bond donors (Lipinski definition) is 0. The van der Waals surface area contributed by atoms with Crippen molar-refractivity contribution in [3.8, 4) is 0 Å². The number of nitrogens with zero attached hydrogens (tertiary/aromatic N) is 2. The Morgan fingerprint density at radius 1 is 1.40 bits per heavy atom. The van der Waals surface area contributed by atoms with Crippen molar-refractivity contribution in [3.05, 3.63) is 16.8 Å². The van der Waals surface area contributed by atoms with E-state index >= 15 is 0 Å². The molecule has 84 valence electrons. The first-order valence-electron chi connectivity index (χ1n) is 4.73. The minimum Gasteiger partial charge on any atom is -0.143 e. The number of halogens is 2. The maximum absolute atomic E-state index is 6.02. The molecule has 15 heavy (non-hydrogen) atoms. The molecule has 0 aliphatic carbocycles. The lowest BCUT2D eigenvalue weighted by Gasteiger charge is -2.22. The molecule has 0 unspecified atom stereocenters. The molecule has 0 amide bonds. The molecule has 0 aliphatic heterocycles. The third kappa shape index (κ3) is 3.23. The average Bonchev–Trinajstić information content (AvgIpc) is 2.21. The number of rotatable bonds is 4. The zero-order chi connectivity index (χ0) is 11.5. The van der Waals surface area contributed by atoms with Gasteiger partial charge < -0.3 is 0 Å². The van der Waals surface area contributed by atoms with Crippen LogP contribution in [0.2, 0.25) is 5.15 Å². The van der Waals surface area contributed by atoms with Crippen molar-refractivity contribution >= 4 is 35.0 Å². The van der Waals surface area contributed by atoms with Crippen molar-refractivity contribution in [2.75, 3.05) is 11.6 Å². The highest BCUT2D eigenvalue weighted by Gasteiger charge is 2.24. The first-order chi connectivity index (χ1) is 7.01. The SMILES string of the molecule is CCSc1cc(C(C)(C)CCl)c(Cl)nn1. The summed E-state index contributed by atoms with van der Waals surface area (Å²) in [4.78, 5) is 0. The number of thioether (sulfide) groups is 1. The lowest BCUT2D eigenvalue weighted by atomic mass is 9.88. The predicted molar refractivity (Wildman–Crippen MR) is 67.2 cm³/mol. The summed E-state index contributed by atoms with van der Waals surface area (Å²) in [7, 11) is 0. The number of aromatic nitrogens is 2. The van der Waals surface area contributed by atoms with Crippen LogP contribution in [0.15, 0.2) is 11.1 Å². The third-order valence-electron chi connectivity index (χ3n) is 2.08. The fourth-order valence-corrected chi connectivity index (χ4v) is 2.21. The van der Waals surface area contributed by atoms with E-state index in [1.165, 1.54) is 0 Å². The topological polar surface area (TPSA) is 25.8 Å². The Balaban J connectivity index is 3.10. The van der Waals surface area contributed by atoms with Crippen LogP contribution in [0.3, 0.4) is 0 Å². The Labute approximate surface area is 105 Å². The van der Waals surface area contributed by atoms with Crippen LogP contribution in [-0.4, -0.2) is 21.8 Å². The molecule has 0 atom stereocenters. The summed E-state index contributed by atoms with van der Waals surface area (Å²) >= 11 is 13.6. The minimum atomic E-state index is -0.169. The molecule has 0 spiro atoms. The summed E-state index contributed by atoms with van der Waals surface area (Å²) in [5.74, 6) is 1.48. The van der Waals surface area contributed by atoms with E-state index in [4.69, 9.17) is 23.2 Å². The number of hydrogen-bond acceptors (Lipinski definition) is 3. The summed E-state index contributed by atoms with van der Waals surface area (Å²) < 4.78 is 0. The smallest absolute Gasteiger partial charge is 0.143 e. The van der Waals surface area contributed by atoms with Crippen molar-refractivity contribution in [1.82, 2.24) is 10.2 Å². The van der Waals surface area contributed by atoms with Gasteiger partial charge in [0.15, 0.2) is 5.15 Å². The fraction of sp³-hybridized carbons (Fsp3) is 0.600. The normalized spacial score (nSPS) is 11.8. The number of alkyl halides is 1. The first-order valence-corrected chi connectivity index (χ1v) is 6.63. The molecule has 0 saturated heterocycles. The van der Waals surface area contributed by atoms with Gasteiger partial charge in [-0.2, -0.15) is 0 Å². The van der Waals surface area contributed by atoms with Crippen LogP contribution in [-0.2, 0) is 5.41 Å². The van der Waals surface area contributed by atoms with E-state index in [9.17, 15) is 0 Å². The minimum absolute atomic E-state index is 0.169. The molecule has 0 N–H and O–H groups in total. The highest BCUT2D eigenvalue weighted by atomic mass is 35.5. The molecule has 0 radical (unpaired) electrons. The van der Waals surface area contributed by atoms with Crippen LogP contribution in [0, 0.1) is 0 Å². The molecule has 2 nitrogen and oxygen atoms in total. The molecule has 1 aromatic rings. The highest BCUT2D eigenvalue weighted by molar-refractivity contribution is 7.99. The van der Waals surface area contributed by atoms with Crippen LogP contribution in [0.5, 0.6) is 0 Å². The largest absolute Gasteiger partial charge is 0.155 e. The maximum Gasteiger partial charge on any atom is 0.155 e. The van der Waals surface area contributed by atoms with E-state index < -0.39 is 0 Å². The quantitative estimate of drug-likeness (QED) is 0.612. The molecule has 0 bridgehead atoms. The lowest BCUT2D eigenvalue weighted by molar-refractivity contribution is 0.588. The van der Waals surface area contributed by atoms with Gasteiger partial charge >= 0.3 is 0 Å². The Morgan fingerprint density at radius 3 is 2.60 bits per heavy atom. The standard InChI is InChI=1S/C10H14Cl2N2S/c1-4-15-8-5-7(9(12)14-13-8)10(2,3)6-11/h5H,4,6H2,1-3H3. The second-order valence-electron chi connectivity index (χ2n) is 3.84.